The van der Waals surface area contributed by atoms with Gasteiger partial charge in [-0.2, -0.15) is 0 Å². The Morgan fingerprint density at radius 1 is 1.38 bits per heavy atom. The van der Waals surface area contributed by atoms with Crippen LogP contribution in [-0.4, -0.2) is 14.5 Å². The Hall–Kier alpha value is -1.14. The molecule has 0 aliphatic heterocycles. The van der Waals surface area contributed by atoms with E-state index in [1.54, 1.807) is 0 Å². The molecule has 1 fully saturated rings. The fourth-order valence-electron chi connectivity index (χ4n) is 1.56. The molecule has 1 aliphatic carbocycles. The van der Waals surface area contributed by atoms with E-state index in [4.69, 9.17) is 5.14 Å². The minimum atomic E-state index is -3.83. The maximum atomic E-state index is 13.5. The summed E-state index contributed by atoms with van der Waals surface area (Å²) in [6, 6.07) is 3.96. The lowest BCUT2D eigenvalue weighted by molar-refractivity contribution is 0.443. The van der Waals surface area contributed by atoms with Crippen molar-refractivity contribution in [3.8, 4) is 0 Å². The van der Waals surface area contributed by atoms with E-state index >= 15 is 0 Å². The molecule has 88 valence electrons. The van der Waals surface area contributed by atoms with Crippen molar-refractivity contribution >= 4 is 15.7 Å². The third-order valence-electron chi connectivity index (χ3n) is 2.73. The third kappa shape index (κ3) is 2.33. The molecule has 1 aromatic carbocycles. The Morgan fingerprint density at radius 2 is 2.06 bits per heavy atom. The van der Waals surface area contributed by atoms with Crippen molar-refractivity contribution in [1.29, 1.82) is 0 Å². The van der Waals surface area contributed by atoms with E-state index in [2.05, 4.69) is 5.32 Å². The van der Waals surface area contributed by atoms with E-state index < -0.39 is 15.8 Å². The molecule has 3 N–H and O–H groups in total. The normalized spacial score (nSPS) is 16.9. The Morgan fingerprint density at radius 3 is 2.50 bits per heavy atom. The summed E-state index contributed by atoms with van der Waals surface area (Å²) in [5.41, 5.74) is 0.331. The van der Waals surface area contributed by atoms with Crippen LogP contribution >= 0.6 is 0 Å². The van der Waals surface area contributed by atoms with Gasteiger partial charge in [0.05, 0.1) is 10.6 Å². The fourth-order valence-corrected chi connectivity index (χ4v) is 2.09. The molecule has 6 heteroatoms. The van der Waals surface area contributed by atoms with Gasteiger partial charge in [0.25, 0.3) is 0 Å². The van der Waals surface area contributed by atoms with Crippen LogP contribution in [0.1, 0.15) is 19.3 Å². The lowest BCUT2D eigenvalue weighted by atomic mass is 9.93. The highest BCUT2D eigenvalue weighted by Crippen LogP contribution is 2.25. The Kier molecular flexibility index (Phi) is 2.86. The maximum Gasteiger partial charge on any atom is 0.238 e. The first-order valence-electron chi connectivity index (χ1n) is 5.06. The second-order valence-corrected chi connectivity index (χ2v) is 5.52. The van der Waals surface area contributed by atoms with Crippen LogP contribution in [0.15, 0.2) is 23.1 Å². The van der Waals surface area contributed by atoms with E-state index in [1.165, 1.54) is 12.1 Å². The van der Waals surface area contributed by atoms with Gasteiger partial charge in [0.1, 0.15) is 5.82 Å². The maximum absolute atomic E-state index is 13.5. The number of primary sulfonamides is 1. The molecule has 1 aromatic rings. The number of halogens is 1. The van der Waals surface area contributed by atoms with Gasteiger partial charge >= 0.3 is 0 Å². The highest BCUT2D eigenvalue weighted by atomic mass is 32.2. The lowest BCUT2D eigenvalue weighted by Crippen LogP contribution is -2.27. The van der Waals surface area contributed by atoms with Crippen molar-refractivity contribution < 1.29 is 12.8 Å². The molecule has 2 rings (SSSR count). The molecule has 4 nitrogen and oxygen atoms in total. The van der Waals surface area contributed by atoms with Crippen LogP contribution < -0.4 is 10.5 Å². The molecular formula is C10H13FN2O2S. The van der Waals surface area contributed by atoms with Crippen molar-refractivity contribution in [1.82, 2.24) is 0 Å². The topological polar surface area (TPSA) is 72.2 Å². The molecule has 0 bridgehead atoms. The average molecular weight is 244 g/mol. The van der Waals surface area contributed by atoms with Crippen LogP contribution in [-0.2, 0) is 10.0 Å². The third-order valence-corrected chi connectivity index (χ3v) is 3.64. The summed E-state index contributed by atoms with van der Waals surface area (Å²) in [6.07, 6.45) is 3.20. The molecule has 0 heterocycles. The summed E-state index contributed by atoms with van der Waals surface area (Å²) in [4.78, 5) is -0.204. The van der Waals surface area contributed by atoms with E-state index in [0.717, 1.165) is 25.3 Å². The van der Waals surface area contributed by atoms with Crippen LogP contribution in [0.2, 0.25) is 0 Å². The highest BCUT2D eigenvalue weighted by molar-refractivity contribution is 7.89. The molecule has 16 heavy (non-hydrogen) atoms. The second kappa shape index (κ2) is 4.03. The van der Waals surface area contributed by atoms with E-state index in [0.29, 0.717) is 11.7 Å². The van der Waals surface area contributed by atoms with Crippen molar-refractivity contribution in [2.24, 2.45) is 5.14 Å². The molecule has 0 atom stereocenters. The van der Waals surface area contributed by atoms with Gasteiger partial charge in [0.15, 0.2) is 0 Å². The van der Waals surface area contributed by atoms with Crippen LogP contribution in [0.4, 0.5) is 10.1 Å². The summed E-state index contributed by atoms with van der Waals surface area (Å²) in [5, 5.41) is 7.91. The van der Waals surface area contributed by atoms with Crippen LogP contribution in [0.25, 0.3) is 0 Å². The number of sulfonamides is 1. The van der Waals surface area contributed by atoms with Crippen molar-refractivity contribution in [3.05, 3.63) is 24.0 Å². The van der Waals surface area contributed by atoms with Crippen LogP contribution in [0.3, 0.4) is 0 Å². The zero-order valence-corrected chi connectivity index (χ0v) is 9.43. The van der Waals surface area contributed by atoms with Gasteiger partial charge in [-0.3, -0.25) is 0 Å². The van der Waals surface area contributed by atoms with Gasteiger partial charge in [-0.15, -0.1) is 0 Å². The smallest absolute Gasteiger partial charge is 0.238 e. The SMILES string of the molecule is NS(=O)(=O)c1ccc(NC2CCC2)c(F)c1. The minimum absolute atomic E-state index is 0.204. The summed E-state index contributed by atoms with van der Waals surface area (Å²) >= 11 is 0. The molecule has 0 saturated heterocycles. The van der Waals surface area contributed by atoms with Crippen LogP contribution in [0, 0.1) is 5.82 Å². The minimum Gasteiger partial charge on any atom is -0.380 e. The number of benzene rings is 1. The number of anilines is 1. The first-order valence-corrected chi connectivity index (χ1v) is 6.60. The molecule has 1 aliphatic rings. The average Bonchev–Trinajstić information content (AvgIpc) is 2.11. The first kappa shape index (κ1) is 11.3. The quantitative estimate of drug-likeness (QED) is 0.845. The zero-order valence-electron chi connectivity index (χ0n) is 8.61. The lowest BCUT2D eigenvalue weighted by Gasteiger charge is -2.27. The number of hydrogen-bond acceptors (Lipinski definition) is 3. The second-order valence-electron chi connectivity index (χ2n) is 3.96. The number of rotatable bonds is 3. The molecule has 0 aromatic heterocycles. The van der Waals surface area contributed by atoms with E-state index in [9.17, 15) is 12.8 Å². The Balaban J connectivity index is 2.22. The van der Waals surface area contributed by atoms with Crippen molar-refractivity contribution in [2.75, 3.05) is 5.32 Å². The summed E-state index contributed by atoms with van der Waals surface area (Å²) in [6.45, 7) is 0. The monoisotopic (exact) mass is 244 g/mol. The molecular weight excluding hydrogens is 231 g/mol. The number of hydrogen-bond donors (Lipinski definition) is 2. The van der Waals surface area contributed by atoms with Crippen LogP contribution in [0.5, 0.6) is 0 Å². The molecule has 1 saturated carbocycles. The molecule has 0 spiro atoms. The summed E-state index contributed by atoms with van der Waals surface area (Å²) < 4.78 is 35.5. The van der Waals surface area contributed by atoms with Crippen molar-refractivity contribution in [3.63, 3.8) is 0 Å². The van der Waals surface area contributed by atoms with E-state index in [-0.39, 0.29) is 4.90 Å². The van der Waals surface area contributed by atoms with Crippen molar-refractivity contribution in [2.45, 2.75) is 30.2 Å². The van der Waals surface area contributed by atoms with Gasteiger partial charge in [0, 0.05) is 6.04 Å². The van der Waals surface area contributed by atoms with Gasteiger partial charge in [0.2, 0.25) is 10.0 Å². The molecule has 0 unspecified atom stereocenters. The zero-order chi connectivity index (χ0) is 11.8. The van der Waals surface area contributed by atoms with Gasteiger partial charge in [-0.25, -0.2) is 17.9 Å². The van der Waals surface area contributed by atoms with Gasteiger partial charge in [-0.05, 0) is 37.5 Å². The number of nitrogens with one attached hydrogen (secondary N) is 1. The van der Waals surface area contributed by atoms with Gasteiger partial charge < -0.3 is 5.32 Å². The first-order chi connectivity index (χ1) is 7.47. The standard InChI is InChI=1S/C10H13FN2O2S/c11-9-6-8(16(12,14)15)4-5-10(9)13-7-2-1-3-7/h4-7,13H,1-3H2,(H2,12,14,15). The van der Waals surface area contributed by atoms with Gasteiger partial charge in [-0.1, -0.05) is 0 Å². The summed E-state index contributed by atoms with van der Waals surface area (Å²) in [5.74, 6) is -0.585. The fraction of sp³-hybridized carbons (Fsp3) is 0.400. The number of nitrogens with two attached hydrogens (primary N) is 1. The largest absolute Gasteiger partial charge is 0.380 e. The predicted molar refractivity (Wildman–Crippen MR) is 59.0 cm³/mol. The Labute approximate surface area is 93.7 Å². The Bertz CT molecular complexity index is 498. The van der Waals surface area contributed by atoms with E-state index in [1.807, 2.05) is 0 Å². The molecule has 0 amide bonds. The molecule has 0 radical (unpaired) electrons. The predicted octanol–water partition coefficient (Wildman–Crippen LogP) is 1.44. The summed E-state index contributed by atoms with van der Waals surface area (Å²) in [7, 11) is -3.83. The highest BCUT2D eigenvalue weighted by Gasteiger charge is 2.19.